The summed E-state index contributed by atoms with van der Waals surface area (Å²) in [5.41, 5.74) is 11.0. The van der Waals surface area contributed by atoms with E-state index < -0.39 is 0 Å². The Morgan fingerprint density at radius 1 is 1.15 bits per heavy atom. The molecule has 6 rings (SSSR count). The minimum Gasteiger partial charge on any atom is -0.384 e. The number of pyridine rings is 2. The monoisotopic (exact) mass is 455 g/mol. The highest BCUT2D eigenvalue weighted by Gasteiger charge is 2.30. The summed E-state index contributed by atoms with van der Waals surface area (Å²) in [6, 6.07) is 11.8. The molecular formula is C24H21N7OS. The smallest absolute Gasteiger partial charge is 0.259 e. The molecule has 8 nitrogen and oxygen atoms in total. The number of rotatable bonds is 5. The number of fused-ring (bicyclic) bond motifs is 2. The fraction of sp³-hybridized carbons (Fsp3) is 0.208. The summed E-state index contributed by atoms with van der Waals surface area (Å²) < 4.78 is 1.95. The lowest BCUT2D eigenvalue weighted by atomic mass is 9.99. The van der Waals surface area contributed by atoms with Gasteiger partial charge in [-0.1, -0.05) is 18.2 Å². The predicted molar refractivity (Wildman–Crippen MR) is 131 cm³/mol. The number of nitrogens with zero attached hydrogens (tertiary/aromatic N) is 5. The highest BCUT2D eigenvalue weighted by Crippen LogP contribution is 2.38. The fourth-order valence-electron chi connectivity index (χ4n) is 4.32. The summed E-state index contributed by atoms with van der Waals surface area (Å²) in [4.78, 5) is 32.0. The van der Waals surface area contributed by atoms with Crippen LogP contribution in [-0.2, 0) is 0 Å². The van der Waals surface area contributed by atoms with Crippen LogP contribution in [0.25, 0.3) is 32.2 Å². The van der Waals surface area contributed by atoms with Gasteiger partial charge in [-0.2, -0.15) is 0 Å². The molecule has 4 aromatic heterocycles. The first kappa shape index (κ1) is 19.8. The molecule has 0 saturated heterocycles. The van der Waals surface area contributed by atoms with E-state index in [-0.39, 0.29) is 17.6 Å². The number of benzene rings is 1. The second-order valence-corrected chi connectivity index (χ2v) is 9.14. The lowest BCUT2D eigenvalue weighted by molar-refractivity contribution is 0.636. The predicted octanol–water partition coefficient (Wildman–Crippen LogP) is 4.55. The molecule has 0 unspecified atom stereocenters. The van der Waals surface area contributed by atoms with E-state index in [1.807, 2.05) is 35.8 Å². The van der Waals surface area contributed by atoms with Gasteiger partial charge in [0.15, 0.2) is 5.82 Å². The standard InChI is InChI=1S/C24H21N7OS/c1-13(30-22-21-23(28-11-27-22)33-12-29-21)18-9-14-3-2-4-17(15-5-8-19(25)26-10-15)20(14)24(32)31(18)16-6-7-16/h2-5,8-13,16H,6-7H2,1H3,(H2,25,26)(H,27,28,30)/t13-/m0/s1. The molecule has 5 aromatic rings. The second kappa shape index (κ2) is 7.63. The topological polar surface area (TPSA) is 112 Å². The molecule has 1 aromatic carbocycles. The van der Waals surface area contributed by atoms with Crippen molar-refractivity contribution in [1.82, 2.24) is 24.5 Å². The van der Waals surface area contributed by atoms with Crippen LogP contribution >= 0.6 is 11.3 Å². The Kier molecular flexibility index (Phi) is 4.58. The van der Waals surface area contributed by atoms with Gasteiger partial charge in [0, 0.05) is 23.5 Å². The van der Waals surface area contributed by atoms with Crippen molar-refractivity contribution in [3.05, 3.63) is 70.5 Å². The lowest BCUT2D eigenvalue weighted by Crippen LogP contribution is -2.26. The number of thiazole rings is 1. The van der Waals surface area contributed by atoms with Crippen LogP contribution in [0.15, 0.2) is 59.2 Å². The van der Waals surface area contributed by atoms with Crippen molar-refractivity contribution in [2.75, 3.05) is 11.1 Å². The maximum Gasteiger partial charge on any atom is 0.259 e. The van der Waals surface area contributed by atoms with Crippen molar-refractivity contribution < 1.29 is 0 Å². The third-order valence-corrected chi connectivity index (χ3v) is 6.78. The highest BCUT2D eigenvalue weighted by atomic mass is 32.1. The molecule has 0 aliphatic heterocycles. The van der Waals surface area contributed by atoms with Crippen molar-refractivity contribution >= 4 is 44.1 Å². The van der Waals surface area contributed by atoms with Gasteiger partial charge in [-0.05, 0) is 48.9 Å². The average Bonchev–Trinajstić information content (AvgIpc) is 3.54. The molecule has 33 heavy (non-hydrogen) atoms. The van der Waals surface area contributed by atoms with Gasteiger partial charge in [0.1, 0.15) is 22.5 Å². The Labute approximate surface area is 193 Å². The van der Waals surface area contributed by atoms with Crippen LogP contribution in [0.3, 0.4) is 0 Å². The zero-order valence-electron chi connectivity index (χ0n) is 17.9. The van der Waals surface area contributed by atoms with E-state index in [9.17, 15) is 4.79 Å². The van der Waals surface area contributed by atoms with Gasteiger partial charge >= 0.3 is 0 Å². The van der Waals surface area contributed by atoms with Crippen molar-refractivity contribution in [3.63, 3.8) is 0 Å². The molecule has 1 atom stereocenters. The summed E-state index contributed by atoms with van der Waals surface area (Å²) >= 11 is 1.48. The molecule has 0 spiro atoms. The van der Waals surface area contributed by atoms with Gasteiger partial charge in [0.05, 0.1) is 16.9 Å². The van der Waals surface area contributed by atoms with Crippen LogP contribution in [0.5, 0.6) is 0 Å². The number of nitrogens with one attached hydrogen (secondary N) is 1. The van der Waals surface area contributed by atoms with Gasteiger partial charge in [-0.3, -0.25) is 4.79 Å². The van der Waals surface area contributed by atoms with E-state index in [1.165, 1.54) is 17.7 Å². The number of anilines is 2. The summed E-state index contributed by atoms with van der Waals surface area (Å²) in [7, 11) is 0. The SMILES string of the molecule is C[C@H](Nc1ncnc2scnc12)c1cc2cccc(-c3ccc(N)nc3)c2c(=O)n1C1CC1. The Morgan fingerprint density at radius 2 is 2.03 bits per heavy atom. The molecule has 1 saturated carbocycles. The quantitative estimate of drug-likeness (QED) is 0.400. The van der Waals surface area contributed by atoms with E-state index in [4.69, 9.17) is 5.73 Å². The number of nitrogen functional groups attached to an aromatic ring is 1. The van der Waals surface area contributed by atoms with Crippen LogP contribution in [0.1, 0.15) is 37.5 Å². The molecule has 1 aliphatic carbocycles. The molecule has 0 bridgehead atoms. The summed E-state index contributed by atoms with van der Waals surface area (Å²) in [6.07, 6.45) is 5.26. The maximum atomic E-state index is 13.9. The minimum absolute atomic E-state index is 0.0209. The lowest BCUT2D eigenvalue weighted by Gasteiger charge is -2.22. The van der Waals surface area contributed by atoms with E-state index in [0.29, 0.717) is 17.0 Å². The first-order valence-electron chi connectivity index (χ1n) is 10.8. The first-order valence-corrected chi connectivity index (χ1v) is 11.7. The van der Waals surface area contributed by atoms with Crippen LogP contribution in [-0.4, -0.2) is 24.5 Å². The summed E-state index contributed by atoms with van der Waals surface area (Å²) in [5, 5.41) is 5.07. The van der Waals surface area contributed by atoms with Gasteiger partial charge in [0.25, 0.3) is 5.56 Å². The van der Waals surface area contributed by atoms with Crippen molar-refractivity contribution in [2.45, 2.75) is 31.8 Å². The number of aromatic nitrogens is 5. The molecule has 0 amide bonds. The molecular weight excluding hydrogens is 434 g/mol. The molecule has 164 valence electrons. The zero-order chi connectivity index (χ0) is 22.5. The Morgan fingerprint density at radius 3 is 2.82 bits per heavy atom. The van der Waals surface area contributed by atoms with E-state index in [1.54, 1.807) is 17.8 Å². The normalized spacial score (nSPS) is 14.6. The average molecular weight is 456 g/mol. The van der Waals surface area contributed by atoms with Gasteiger partial charge < -0.3 is 15.6 Å². The van der Waals surface area contributed by atoms with E-state index in [0.717, 1.165) is 45.4 Å². The van der Waals surface area contributed by atoms with Crippen molar-refractivity contribution in [2.24, 2.45) is 0 Å². The Hall–Kier alpha value is -3.85. The minimum atomic E-state index is -0.149. The molecule has 1 aliphatic rings. The number of nitrogens with two attached hydrogens (primary N) is 1. The van der Waals surface area contributed by atoms with Gasteiger partial charge in [-0.15, -0.1) is 11.3 Å². The third-order valence-electron chi connectivity index (χ3n) is 6.05. The molecule has 0 radical (unpaired) electrons. The fourth-order valence-corrected chi connectivity index (χ4v) is 4.95. The summed E-state index contributed by atoms with van der Waals surface area (Å²) in [5.74, 6) is 1.13. The third kappa shape index (κ3) is 3.41. The van der Waals surface area contributed by atoms with Crippen LogP contribution in [0, 0.1) is 0 Å². The van der Waals surface area contributed by atoms with Crippen molar-refractivity contribution in [1.29, 1.82) is 0 Å². The van der Waals surface area contributed by atoms with Crippen molar-refractivity contribution in [3.8, 4) is 11.1 Å². The molecule has 3 N–H and O–H groups in total. The van der Waals surface area contributed by atoms with Gasteiger partial charge in [0.2, 0.25) is 0 Å². The zero-order valence-corrected chi connectivity index (χ0v) is 18.7. The molecule has 4 heterocycles. The van der Waals surface area contributed by atoms with Crippen LogP contribution in [0.4, 0.5) is 11.6 Å². The first-order chi connectivity index (χ1) is 16.1. The largest absolute Gasteiger partial charge is 0.384 e. The molecule has 1 fully saturated rings. The highest BCUT2D eigenvalue weighted by molar-refractivity contribution is 7.16. The van der Waals surface area contributed by atoms with E-state index in [2.05, 4.69) is 31.3 Å². The van der Waals surface area contributed by atoms with E-state index >= 15 is 0 Å². The number of hydrogen-bond acceptors (Lipinski definition) is 8. The number of hydrogen-bond donors (Lipinski definition) is 2. The summed E-state index contributed by atoms with van der Waals surface area (Å²) in [6.45, 7) is 2.05. The maximum absolute atomic E-state index is 13.9. The van der Waals surface area contributed by atoms with Gasteiger partial charge in [-0.25, -0.2) is 19.9 Å². The van der Waals surface area contributed by atoms with Crippen LogP contribution < -0.4 is 16.6 Å². The Bertz CT molecular complexity index is 1550. The van der Waals surface area contributed by atoms with Crippen LogP contribution in [0.2, 0.25) is 0 Å². The Balaban J connectivity index is 1.50. The molecule has 9 heteroatoms. The second-order valence-electron chi connectivity index (χ2n) is 8.31.